The molecule has 2 N–H and O–H groups in total. The van der Waals surface area contributed by atoms with Crippen LogP contribution in [-0.4, -0.2) is 44.5 Å². The van der Waals surface area contributed by atoms with Gasteiger partial charge >= 0.3 is 12.0 Å². The molecule has 0 radical (unpaired) electrons. The van der Waals surface area contributed by atoms with Crippen LogP contribution < -0.4 is 10.6 Å². The molecule has 2 aromatic rings. The van der Waals surface area contributed by atoms with Gasteiger partial charge in [-0.25, -0.2) is 9.59 Å². The van der Waals surface area contributed by atoms with E-state index in [1.807, 2.05) is 32.0 Å². The van der Waals surface area contributed by atoms with Crippen LogP contribution in [0, 0.1) is 20.8 Å². The molecule has 0 spiro atoms. The first-order chi connectivity index (χ1) is 13.4. The minimum Gasteiger partial charge on any atom is -0.448 e. The molecule has 0 aliphatic rings. The number of hydrogen-bond acceptors (Lipinski definition) is 6. The van der Waals surface area contributed by atoms with Crippen LogP contribution >= 0.6 is 0 Å². The molecule has 0 saturated heterocycles. The lowest BCUT2D eigenvalue weighted by Gasteiger charge is -2.21. The molecule has 3 amide bonds. The summed E-state index contributed by atoms with van der Waals surface area (Å²) >= 11 is 0. The van der Waals surface area contributed by atoms with E-state index in [0.29, 0.717) is 5.69 Å². The van der Waals surface area contributed by atoms with Crippen LogP contribution in [0.3, 0.4) is 0 Å². The molecule has 2 rings (SSSR count). The van der Waals surface area contributed by atoms with Crippen molar-refractivity contribution in [2.24, 2.45) is 0 Å². The highest BCUT2D eigenvalue weighted by Gasteiger charge is 2.25. The van der Waals surface area contributed by atoms with E-state index < -0.39 is 29.6 Å². The summed E-state index contributed by atoms with van der Waals surface area (Å²) in [5, 5.41) is 13.2. The fourth-order valence-electron chi connectivity index (χ4n) is 2.56. The lowest BCUT2D eigenvalue weighted by molar-refractivity contribution is -0.127. The van der Waals surface area contributed by atoms with Gasteiger partial charge in [-0.15, -0.1) is 5.10 Å². The maximum absolute atomic E-state index is 12.5. The minimum atomic E-state index is -1.18. The maximum atomic E-state index is 12.5. The average molecular weight is 401 g/mol. The molecular weight excluding hydrogens is 374 g/mol. The third kappa shape index (κ3) is 5.87. The van der Waals surface area contributed by atoms with Crippen molar-refractivity contribution in [3.8, 4) is 5.69 Å². The van der Waals surface area contributed by atoms with E-state index in [2.05, 4.69) is 20.8 Å². The molecule has 1 aromatic heterocycles. The summed E-state index contributed by atoms with van der Waals surface area (Å²) in [5.41, 5.74) is 2.66. The lowest BCUT2D eigenvalue weighted by atomic mass is 10.1. The van der Waals surface area contributed by atoms with Gasteiger partial charge in [0.1, 0.15) is 0 Å². The number of urea groups is 1. The van der Waals surface area contributed by atoms with Crippen LogP contribution in [-0.2, 0) is 9.53 Å². The second-order valence-corrected chi connectivity index (χ2v) is 7.95. The first kappa shape index (κ1) is 22.1. The zero-order valence-corrected chi connectivity index (χ0v) is 17.8. The van der Waals surface area contributed by atoms with E-state index in [9.17, 15) is 14.4 Å². The molecule has 156 valence electrons. The van der Waals surface area contributed by atoms with Gasteiger partial charge in [0.15, 0.2) is 11.8 Å². The molecule has 1 heterocycles. The summed E-state index contributed by atoms with van der Waals surface area (Å²) in [5.74, 6) is -1.53. The summed E-state index contributed by atoms with van der Waals surface area (Å²) in [4.78, 5) is 37.7. The maximum Gasteiger partial charge on any atom is 0.361 e. The van der Waals surface area contributed by atoms with Gasteiger partial charge in [-0.05, 0) is 60.1 Å². The molecule has 0 fully saturated rings. The number of esters is 1. The smallest absolute Gasteiger partial charge is 0.361 e. The number of aryl methyl sites for hydroxylation is 3. The molecule has 0 bridgehead atoms. The number of nitrogens with one attached hydrogen (secondary N) is 2. The Balaban J connectivity index is 2.08. The first-order valence-electron chi connectivity index (χ1n) is 9.23. The quantitative estimate of drug-likeness (QED) is 0.760. The Kier molecular flexibility index (Phi) is 6.41. The van der Waals surface area contributed by atoms with Crippen molar-refractivity contribution in [2.75, 3.05) is 0 Å². The second kappa shape index (κ2) is 8.42. The summed E-state index contributed by atoms with van der Waals surface area (Å²) < 4.78 is 5.16. The van der Waals surface area contributed by atoms with Crippen molar-refractivity contribution in [1.82, 2.24) is 25.6 Å². The highest BCUT2D eigenvalue weighted by molar-refractivity contribution is 5.98. The number of carbonyl (C=O) groups is 3. The van der Waals surface area contributed by atoms with Gasteiger partial charge < -0.3 is 10.1 Å². The molecule has 1 atom stereocenters. The fourth-order valence-corrected chi connectivity index (χ4v) is 2.56. The molecule has 1 aromatic carbocycles. The van der Waals surface area contributed by atoms with E-state index in [1.165, 1.54) is 11.7 Å². The largest absolute Gasteiger partial charge is 0.448 e. The van der Waals surface area contributed by atoms with E-state index in [4.69, 9.17) is 4.74 Å². The van der Waals surface area contributed by atoms with Crippen LogP contribution in [0.2, 0.25) is 0 Å². The Bertz CT molecular complexity index is 943. The van der Waals surface area contributed by atoms with Gasteiger partial charge in [-0.1, -0.05) is 17.7 Å². The summed E-state index contributed by atoms with van der Waals surface area (Å²) in [6.07, 6.45) is -1.18. The molecule has 0 aliphatic carbocycles. The first-order valence-corrected chi connectivity index (χ1v) is 9.23. The zero-order chi connectivity index (χ0) is 21.9. The second-order valence-electron chi connectivity index (χ2n) is 7.95. The topological polar surface area (TPSA) is 115 Å². The number of benzene rings is 1. The van der Waals surface area contributed by atoms with Gasteiger partial charge in [0.2, 0.25) is 0 Å². The van der Waals surface area contributed by atoms with Gasteiger partial charge in [0.25, 0.3) is 5.91 Å². The number of rotatable bonds is 4. The molecule has 9 heteroatoms. The predicted octanol–water partition coefficient (Wildman–Crippen LogP) is 2.36. The Hall–Kier alpha value is -3.23. The van der Waals surface area contributed by atoms with Crippen molar-refractivity contribution in [1.29, 1.82) is 0 Å². The molecule has 0 saturated carbocycles. The number of carbonyl (C=O) groups excluding carboxylic acids is 3. The number of hydrogen-bond donors (Lipinski definition) is 2. The van der Waals surface area contributed by atoms with Crippen LogP contribution in [0.5, 0.6) is 0 Å². The van der Waals surface area contributed by atoms with Gasteiger partial charge in [-0.3, -0.25) is 10.1 Å². The third-order valence-corrected chi connectivity index (χ3v) is 3.92. The Morgan fingerprint density at radius 3 is 2.34 bits per heavy atom. The summed E-state index contributed by atoms with van der Waals surface area (Å²) in [6.45, 7) is 12.3. The summed E-state index contributed by atoms with van der Waals surface area (Å²) in [7, 11) is 0. The van der Waals surface area contributed by atoms with Crippen molar-refractivity contribution in [3.63, 3.8) is 0 Å². The molecule has 0 aliphatic heterocycles. The van der Waals surface area contributed by atoms with Crippen molar-refractivity contribution in [3.05, 3.63) is 40.7 Å². The predicted molar refractivity (Wildman–Crippen MR) is 107 cm³/mol. The van der Waals surface area contributed by atoms with E-state index >= 15 is 0 Å². The van der Waals surface area contributed by atoms with Crippen LogP contribution in [0.25, 0.3) is 5.69 Å². The van der Waals surface area contributed by atoms with Crippen molar-refractivity contribution < 1.29 is 19.1 Å². The fraction of sp³-hybridized carbons (Fsp3) is 0.450. The summed E-state index contributed by atoms with van der Waals surface area (Å²) in [6, 6.07) is 5.11. The molecule has 9 nitrogen and oxygen atoms in total. The molecule has 29 heavy (non-hydrogen) atoms. The highest BCUT2D eigenvalue weighted by atomic mass is 16.5. The van der Waals surface area contributed by atoms with Crippen molar-refractivity contribution >= 4 is 17.9 Å². The van der Waals surface area contributed by atoms with E-state index in [-0.39, 0.29) is 5.69 Å². The third-order valence-electron chi connectivity index (χ3n) is 3.92. The van der Waals surface area contributed by atoms with Crippen LogP contribution in [0.15, 0.2) is 18.2 Å². The Morgan fingerprint density at radius 2 is 1.76 bits per heavy atom. The molecular formula is C20H27N5O4. The number of nitrogens with zero attached hydrogens (tertiary/aromatic N) is 3. The zero-order valence-electron chi connectivity index (χ0n) is 17.8. The van der Waals surface area contributed by atoms with Crippen LogP contribution in [0.1, 0.15) is 55.0 Å². The Morgan fingerprint density at radius 1 is 1.10 bits per heavy atom. The highest BCUT2D eigenvalue weighted by Crippen LogP contribution is 2.16. The SMILES string of the molecule is Cc1ccc(-n2nc(C)c(C(=O)O[C@@H](C)C(=O)NC(=O)NC(C)(C)C)n2)c(C)c1. The van der Waals surface area contributed by atoms with Gasteiger partial charge in [0, 0.05) is 5.54 Å². The monoisotopic (exact) mass is 401 g/mol. The number of ether oxygens (including phenoxy) is 1. The van der Waals surface area contributed by atoms with Gasteiger partial charge in [-0.2, -0.15) is 9.90 Å². The van der Waals surface area contributed by atoms with Gasteiger partial charge in [0.05, 0.1) is 11.4 Å². The number of aromatic nitrogens is 3. The van der Waals surface area contributed by atoms with Crippen LogP contribution in [0.4, 0.5) is 4.79 Å². The minimum absolute atomic E-state index is 0.00349. The van der Waals surface area contributed by atoms with E-state index in [1.54, 1.807) is 27.7 Å². The molecule has 0 unspecified atom stereocenters. The normalized spacial score (nSPS) is 12.2. The average Bonchev–Trinajstić information content (AvgIpc) is 2.94. The number of amides is 3. The standard InChI is InChI=1S/C20H27N5O4/c1-11-8-9-15(12(2)10-11)25-23-13(3)16(24-25)18(27)29-14(4)17(26)21-19(28)22-20(5,6)7/h8-10,14H,1-7H3,(H2,21,22,26,28)/t14-/m0/s1. The lowest BCUT2D eigenvalue weighted by Crippen LogP contribution is -2.50. The van der Waals surface area contributed by atoms with E-state index in [0.717, 1.165) is 16.8 Å². The number of imide groups is 1. The van der Waals surface area contributed by atoms with Crippen molar-refractivity contribution in [2.45, 2.75) is 60.1 Å². The Labute approximate surface area is 169 Å².